The van der Waals surface area contributed by atoms with Gasteiger partial charge >= 0.3 is 0 Å². The Bertz CT molecular complexity index is 554. The summed E-state index contributed by atoms with van der Waals surface area (Å²) >= 11 is 0. The minimum atomic E-state index is -0.379. The monoisotopic (exact) mass is 346 g/mol. The zero-order valence-electron chi connectivity index (χ0n) is 15.5. The van der Waals surface area contributed by atoms with Gasteiger partial charge in [0.2, 0.25) is 5.91 Å². The maximum Gasteiger partial charge on any atom is 0.223 e. The third-order valence-corrected chi connectivity index (χ3v) is 5.68. The molecule has 0 bridgehead atoms. The van der Waals surface area contributed by atoms with Gasteiger partial charge in [-0.3, -0.25) is 4.79 Å². The number of carbonyl (C=O) groups excluding carboxylic acids is 1. The largest absolute Gasteiger partial charge is 0.371 e. The van der Waals surface area contributed by atoms with Gasteiger partial charge in [0.25, 0.3) is 0 Å². The molecule has 2 heterocycles. The van der Waals surface area contributed by atoms with Gasteiger partial charge in [-0.25, -0.2) is 0 Å². The summed E-state index contributed by atoms with van der Waals surface area (Å²) in [6, 6.07) is 0.128. The summed E-state index contributed by atoms with van der Waals surface area (Å²) in [6.07, 6.45) is 12.5. The van der Waals surface area contributed by atoms with Crippen molar-refractivity contribution in [2.24, 2.45) is 10.2 Å². The summed E-state index contributed by atoms with van der Waals surface area (Å²) in [6.45, 7) is 2.20. The van der Waals surface area contributed by atoms with Crippen molar-refractivity contribution in [1.29, 1.82) is 0 Å². The summed E-state index contributed by atoms with van der Waals surface area (Å²) in [7, 11) is 4.08. The first kappa shape index (κ1) is 18.3. The van der Waals surface area contributed by atoms with E-state index in [9.17, 15) is 4.79 Å². The van der Waals surface area contributed by atoms with Crippen LogP contribution < -0.4 is 0 Å². The molecule has 3 rings (SSSR count). The zero-order chi connectivity index (χ0) is 17.9. The van der Waals surface area contributed by atoms with Crippen molar-refractivity contribution in [3.8, 4) is 12.3 Å². The molecule has 3 aliphatic rings. The molecule has 2 aliphatic heterocycles. The van der Waals surface area contributed by atoms with Crippen LogP contribution in [0.3, 0.4) is 0 Å². The van der Waals surface area contributed by atoms with Crippen LogP contribution in [0.25, 0.3) is 0 Å². The maximum atomic E-state index is 13.0. The first-order chi connectivity index (χ1) is 12.0. The molecular weight excluding hydrogens is 316 g/mol. The van der Waals surface area contributed by atoms with Crippen LogP contribution in [-0.4, -0.2) is 66.8 Å². The lowest BCUT2D eigenvalue weighted by atomic mass is 9.96. The lowest BCUT2D eigenvalue weighted by Crippen LogP contribution is -2.59. The minimum absolute atomic E-state index is 0.103. The molecule has 138 valence electrons. The Morgan fingerprint density at radius 2 is 2.04 bits per heavy atom. The van der Waals surface area contributed by atoms with Crippen LogP contribution in [0.15, 0.2) is 10.2 Å². The van der Waals surface area contributed by atoms with Gasteiger partial charge in [0.1, 0.15) is 0 Å². The van der Waals surface area contributed by atoms with Gasteiger partial charge in [0.05, 0.1) is 24.8 Å². The van der Waals surface area contributed by atoms with Crippen molar-refractivity contribution < 1.29 is 9.53 Å². The first-order valence-corrected chi connectivity index (χ1v) is 9.43. The summed E-state index contributed by atoms with van der Waals surface area (Å²) in [5, 5.41) is 8.31. The van der Waals surface area contributed by atoms with Gasteiger partial charge < -0.3 is 14.5 Å². The van der Waals surface area contributed by atoms with Gasteiger partial charge in [-0.15, -0.1) is 12.3 Å². The van der Waals surface area contributed by atoms with Crippen LogP contribution in [0.1, 0.15) is 51.4 Å². The highest BCUT2D eigenvalue weighted by Crippen LogP contribution is 2.40. The van der Waals surface area contributed by atoms with Crippen LogP contribution in [-0.2, 0) is 9.53 Å². The normalized spacial score (nSPS) is 26.2. The molecule has 1 spiro atoms. The summed E-state index contributed by atoms with van der Waals surface area (Å²) in [4.78, 5) is 17.2. The van der Waals surface area contributed by atoms with Crippen molar-refractivity contribution in [3.63, 3.8) is 0 Å². The molecule has 2 fully saturated rings. The minimum Gasteiger partial charge on any atom is -0.371 e. The number of carbonyl (C=O) groups is 1. The van der Waals surface area contributed by atoms with Gasteiger partial charge in [0, 0.05) is 32.2 Å². The Kier molecular flexibility index (Phi) is 5.45. The fraction of sp³-hybridized carbons (Fsp3) is 0.842. The van der Waals surface area contributed by atoms with Gasteiger partial charge in [-0.2, -0.15) is 10.2 Å². The van der Waals surface area contributed by atoms with E-state index in [1.165, 1.54) is 12.8 Å². The Morgan fingerprint density at radius 1 is 1.32 bits per heavy atom. The fourth-order valence-electron chi connectivity index (χ4n) is 4.15. The van der Waals surface area contributed by atoms with Crippen molar-refractivity contribution in [2.45, 2.75) is 68.7 Å². The number of hydrogen-bond donors (Lipinski definition) is 0. The third-order valence-electron chi connectivity index (χ3n) is 5.68. The number of nitrogens with zero attached hydrogens (tertiary/aromatic N) is 4. The van der Waals surface area contributed by atoms with E-state index in [-0.39, 0.29) is 23.2 Å². The SMILES string of the molecule is C#CCCC1(CCC(=O)N2CC3(CCCC3)OCC2CN(C)C)N=N1. The predicted octanol–water partition coefficient (Wildman–Crippen LogP) is 2.44. The van der Waals surface area contributed by atoms with Crippen molar-refractivity contribution in [3.05, 3.63) is 0 Å². The first-order valence-electron chi connectivity index (χ1n) is 9.43. The predicted molar refractivity (Wildman–Crippen MR) is 96.1 cm³/mol. The lowest BCUT2D eigenvalue weighted by Gasteiger charge is -2.46. The molecule has 1 saturated carbocycles. The van der Waals surface area contributed by atoms with Crippen LogP contribution >= 0.6 is 0 Å². The van der Waals surface area contributed by atoms with Crippen molar-refractivity contribution in [2.75, 3.05) is 33.8 Å². The van der Waals surface area contributed by atoms with Crippen molar-refractivity contribution in [1.82, 2.24) is 9.80 Å². The van der Waals surface area contributed by atoms with Gasteiger partial charge in [-0.1, -0.05) is 12.8 Å². The summed E-state index contributed by atoms with van der Waals surface area (Å²) < 4.78 is 6.25. The molecule has 1 aliphatic carbocycles. The van der Waals surface area contributed by atoms with E-state index in [4.69, 9.17) is 11.2 Å². The van der Waals surface area contributed by atoms with Crippen LogP contribution in [0.4, 0.5) is 0 Å². The van der Waals surface area contributed by atoms with E-state index in [1.54, 1.807) is 0 Å². The Balaban J connectivity index is 1.60. The van der Waals surface area contributed by atoms with E-state index in [0.717, 1.165) is 32.4 Å². The Labute approximate surface area is 151 Å². The number of rotatable bonds is 7. The highest BCUT2D eigenvalue weighted by Gasteiger charge is 2.45. The number of amides is 1. The lowest BCUT2D eigenvalue weighted by molar-refractivity contribution is -0.162. The molecule has 1 saturated heterocycles. The highest BCUT2D eigenvalue weighted by molar-refractivity contribution is 5.77. The van der Waals surface area contributed by atoms with Gasteiger partial charge in [0.15, 0.2) is 5.66 Å². The number of hydrogen-bond acceptors (Lipinski definition) is 5. The quantitative estimate of drug-likeness (QED) is 0.665. The van der Waals surface area contributed by atoms with E-state index < -0.39 is 0 Å². The number of terminal acetylenes is 1. The topological polar surface area (TPSA) is 57.5 Å². The molecule has 1 amide bonds. The molecule has 1 unspecified atom stereocenters. The molecule has 0 radical (unpaired) electrons. The molecule has 0 aromatic heterocycles. The van der Waals surface area contributed by atoms with E-state index >= 15 is 0 Å². The second-order valence-corrected chi connectivity index (χ2v) is 8.03. The smallest absolute Gasteiger partial charge is 0.223 e. The second kappa shape index (κ2) is 7.43. The zero-order valence-corrected chi connectivity index (χ0v) is 15.5. The summed E-state index contributed by atoms with van der Waals surface area (Å²) in [5.74, 6) is 2.85. The highest BCUT2D eigenvalue weighted by atomic mass is 16.5. The second-order valence-electron chi connectivity index (χ2n) is 8.03. The average molecular weight is 346 g/mol. The molecule has 6 nitrogen and oxygen atoms in total. The maximum absolute atomic E-state index is 13.0. The number of morpholine rings is 1. The Morgan fingerprint density at radius 3 is 2.64 bits per heavy atom. The van der Waals surface area contributed by atoms with Gasteiger partial charge in [-0.05, 0) is 26.9 Å². The molecule has 1 atom stereocenters. The molecule has 6 heteroatoms. The van der Waals surface area contributed by atoms with Crippen molar-refractivity contribution >= 4 is 5.91 Å². The number of ether oxygens (including phenoxy) is 1. The average Bonchev–Trinajstić information content (AvgIpc) is 3.23. The molecule has 25 heavy (non-hydrogen) atoms. The molecule has 0 aromatic rings. The standard InChI is InChI=1S/C19H30N4O2/c1-4-5-11-19(20-21-19)12-8-17(24)23-15-18(9-6-7-10-18)25-14-16(23)13-22(2)3/h1,16H,5-15H2,2-3H3. The Hall–Kier alpha value is -1.45. The van der Waals surface area contributed by atoms with Crippen LogP contribution in [0.2, 0.25) is 0 Å². The van der Waals surface area contributed by atoms with E-state index in [2.05, 4.69) is 25.9 Å². The molecule has 0 N–H and O–H groups in total. The molecule has 0 aromatic carbocycles. The summed E-state index contributed by atoms with van der Waals surface area (Å²) in [5.41, 5.74) is -0.482. The van der Waals surface area contributed by atoms with E-state index in [1.807, 2.05) is 14.1 Å². The van der Waals surface area contributed by atoms with Crippen LogP contribution in [0, 0.1) is 12.3 Å². The number of likely N-dealkylation sites (N-methyl/N-ethyl adjacent to an activating group) is 1. The third kappa shape index (κ3) is 4.39. The fourth-order valence-corrected chi connectivity index (χ4v) is 4.15. The molecular formula is C19H30N4O2. The van der Waals surface area contributed by atoms with E-state index in [0.29, 0.717) is 25.9 Å². The van der Waals surface area contributed by atoms with Crippen LogP contribution in [0.5, 0.6) is 0 Å².